The summed E-state index contributed by atoms with van der Waals surface area (Å²) in [5.74, 6) is -2.01. The van der Waals surface area contributed by atoms with Gasteiger partial charge in [0.05, 0.1) is 33.9 Å². The summed E-state index contributed by atoms with van der Waals surface area (Å²) >= 11 is 11.3. The van der Waals surface area contributed by atoms with Gasteiger partial charge in [-0.1, -0.05) is 62.2 Å². The van der Waals surface area contributed by atoms with Crippen LogP contribution in [0.4, 0.5) is 20.2 Å². The zero-order valence-electron chi connectivity index (χ0n) is 25.0. The largest absolute Gasteiger partial charge is 0.478 e. The number of hydrogen-bond acceptors (Lipinski definition) is 6. The van der Waals surface area contributed by atoms with E-state index in [1.807, 2.05) is 5.48 Å². The Hall–Kier alpha value is -3.42. The molecular formula is C33H38Cl2F2N4O3. The molecule has 2 aliphatic heterocycles. The van der Waals surface area contributed by atoms with Crippen molar-refractivity contribution in [2.45, 2.75) is 52.0 Å². The number of halogens is 4. The number of nitrogens with one attached hydrogen (secondary N) is 2. The highest BCUT2D eigenvalue weighted by Gasteiger charge is 2.39. The number of anilines is 2. The first kappa shape index (κ1) is 35.1. The van der Waals surface area contributed by atoms with Gasteiger partial charge in [0.2, 0.25) is 0 Å². The van der Waals surface area contributed by atoms with E-state index in [2.05, 4.69) is 37.1 Å². The number of nitriles is 1. The summed E-state index contributed by atoms with van der Waals surface area (Å²) in [6.45, 7) is 8.86. The Labute approximate surface area is 267 Å². The summed E-state index contributed by atoms with van der Waals surface area (Å²) in [6.07, 6.45) is 3.09. The predicted octanol–water partition coefficient (Wildman–Crippen LogP) is 8.38. The number of carboxylic acid groups (broad SMARTS) is 1. The molecule has 2 fully saturated rings. The molecule has 3 atom stereocenters. The van der Waals surface area contributed by atoms with Gasteiger partial charge in [-0.05, 0) is 72.7 Å². The van der Waals surface area contributed by atoms with Gasteiger partial charge in [0, 0.05) is 36.6 Å². The molecule has 0 amide bonds. The fourth-order valence-electron chi connectivity index (χ4n) is 5.43. The van der Waals surface area contributed by atoms with Crippen LogP contribution >= 0.6 is 23.2 Å². The Bertz CT molecular complexity index is 1440. The van der Waals surface area contributed by atoms with Crippen LogP contribution in [0.3, 0.4) is 0 Å². The number of aromatic carboxylic acids is 1. The van der Waals surface area contributed by atoms with Crippen molar-refractivity contribution in [2.24, 2.45) is 11.3 Å². The highest BCUT2D eigenvalue weighted by molar-refractivity contribution is 6.31. The number of carboxylic acids is 1. The molecule has 0 spiro atoms. The lowest BCUT2D eigenvalue weighted by atomic mass is 9.79. The summed E-state index contributed by atoms with van der Waals surface area (Å²) in [6, 6.07) is 18.1. The Morgan fingerprint density at radius 1 is 1.09 bits per heavy atom. The van der Waals surface area contributed by atoms with E-state index in [4.69, 9.17) is 33.5 Å². The lowest BCUT2D eigenvalue weighted by Gasteiger charge is -2.26. The van der Waals surface area contributed by atoms with E-state index in [0.717, 1.165) is 38.0 Å². The second kappa shape index (κ2) is 16.1. The quantitative estimate of drug-likeness (QED) is 0.206. The molecule has 2 saturated heterocycles. The minimum atomic E-state index is -0.973. The number of carbonyl (C=O) groups is 1. The molecule has 0 bridgehead atoms. The van der Waals surface area contributed by atoms with Crippen molar-refractivity contribution >= 4 is 40.5 Å². The van der Waals surface area contributed by atoms with Crippen molar-refractivity contribution < 1.29 is 23.9 Å². The average molecular weight is 648 g/mol. The van der Waals surface area contributed by atoms with Gasteiger partial charge in [0.25, 0.3) is 0 Å². The summed E-state index contributed by atoms with van der Waals surface area (Å²) in [5.41, 5.74) is 3.98. The number of benzene rings is 3. The topological polar surface area (TPSA) is 109 Å². The first-order chi connectivity index (χ1) is 20.8. The van der Waals surface area contributed by atoms with Crippen LogP contribution in [0.15, 0.2) is 60.7 Å². The van der Waals surface area contributed by atoms with Gasteiger partial charge in [0.15, 0.2) is 0 Å². The van der Waals surface area contributed by atoms with Crippen LogP contribution in [-0.2, 0) is 0 Å². The van der Waals surface area contributed by atoms with Gasteiger partial charge in [-0.15, -0.1) is 0 Å². The molecule has 0 radical (unpaired) electrons. The monoisotopic (exact) mass is 646 g/mol. The van der Waals surface area contributed by atoms with Crippen molar-refractivity contribution in [1.82, 2.24) is 5.32 Å². The van der Waals surface area contributed by atoms with Gasteiger partial charge in [-0.3, -0.25) is 10.7 Å². The van der Waals surface area contributed by atoms with Crippen molar-refractivity contribution in [3.8, 4) is 6.07 Å². The minimum absolute atomic E-state index is 0.100. The fraction of sp³-hybridized carbons (Fsp3) is 0.394. The SMILES string of the molecule is CC(C)(C)CC1NCC(c2cccc(Cl)c2F)C1C#N.Fc1cccc(Cl)c1.O=C(O)c1cc(NO)ccc1N1CCCC1. The maximum absolute atomic E-state index is 14.2. The molecule has 0 saturated carbocycles. The van der Waals surface area contributed by atoms with Gasteiger partial charge in [-0.25, -0.2) is 13.6 Å². The van der Waals surface area contributed by atoms with E-state index in [1.54, 1.807) is 36.4 Å². The Morgan fingerprint density at radius 3 is 2.32 bits per heavy atom. The van der Waals surface area contributed by atoms with Crippen molar-refractivity contribution in [3.05, 3.63) is 93.5 Å². The lowest BCUT2D eigenvalue weighted by molar-refractivity contribution is 0.0697. The maximum atomic E-state index is 14.2. The Kier molecular flexibility index (Phi) is 12.8. The molecule has 44 heavy (non-hydrogen) atoms. The third kappa shape index (κ3) is 9.80. The molecule has 3 aromatic carbocycles. The van der Waals surface area contributed by atoms with E-state index in [9.17, 15) is 18.8 Å². The van der Waals surface area contributed by atoms with Crippen molar-refractivity contribution in [3.63, 3.8) is 0 Å². The summed E-state index contributed by atoms with van der Waals surface area (Å²) in [7, 11) is 0. The van der Waals surface area contributed by atoms with Crippen LogP contribution in [0.25, 0.3) is 0 Å². The summed E-state index contributed by atoms with van der Waals surface area (Å²) < 4.78 is 26.2. The molecule has 5 rings (SSSR count). The highest BCUT2D eigenvalue weighted by atomic mass is 35.5. The standard InChI is InChI=1S/C16H20ClFN2.C11H14N2O3.C6H4ClF/c1-16(2,3)7-14-11(8-19)12(9-20-14)10-5-4-6-13(17)15(10)18;14-11(15)9-7-8(12-16)3-4-10(9)13-5-1-2-6-13;7-5-2-1-3-6(8)4-5/h4-6,11-12,14,20H,7,9H2,1-3H3;3-4,7,12,16H,1-2,5-6H2,(H,14,15);1-4H. The van der Waals surface area contributed by atoms with Crippen LogP contribution < -0.4 is 15.7 Å². The molecule has 4 N–H and O–H groups in total. The van der Waals surface area contributed by atoms with Crippen LogP contribution in [-0.4, -0.2) is 42.0 Å². The van der Waals surface area contributed by atoms with Crippen LogP contribution in [0, 0.1) is 34.3 Å². The third-order valence-corrected chi connectivity index (χ3v) is 7.95. The number of rotatable bonds is 5. The van der Waals surface area contributed by atoms with Gasteiger partial charge < -0.3 is 15.3 Å². The molecule has 3 unspecified atom stereocenters. The van der Waals surface area contributed by atoms with Gasteiger partial charge in [-0.2, -0.15) is 5.26 Å². The zero-order chi connectivity index (χ0) is 32.4. The minimum Gasteiger partial charge on any atom is -0.478 e. The van der Waals surface area contributed by atoms with E-state index in [1.165, 1.54) is 24.3 Å². The van der Waals surface area contributed by atoms with E-state index in [-0.39, 0.29) is 39.7 Å². The predicted molar refractivity (Wildman–Crippen MR) is 171 cm³/mol. The number of hydrogen-bond donors (Lipinski definition) is 4. The summed E-state index contributed by atoms with van der Waals surface area (Å²) in [5, 5.41) is 31.3. The first-order valence-electron chi connectivity index (χ1n) is 14.3. The smallest absolute Gasteiger partial charge is 0.337 e. The van der Waals surface area contributed by atoms with Crippen molar-refractivity contribution in [1.29, 1.82) is 5.26 Å². The highest BCUT2D eigenvalue weighted by Crippen LogP contribution is 2.38. The number of nitrogens with zero attached hydrogens (tertiary/aromatic N) is 2. The zero-order valence-corrected chi connectivity index (χ0v) is 26.5. The normalized spacial score (nSPS) is 19.2. The maximum Gasteiger partial charge on any atom is 0.337 e. The van der Waals surface area contributed by atoms with E-state index >= 15 is 0 Å². The summed E-state index contributed by atoms with van der Waals surface area (Å²) in [4.78, 5) is 13.2. The van der Waals surface area contributed by atoms with Crippen LogP contribution in [0.2, 0.25) is 10.0 Å². The third-order valence-electron chi connectivity index (χ3n) is 7.42. The van der Waals surface area contributed by atoms with Crippen molar-refractivity contribution in [2.75, 3.05) is 30.0 Å². The van der Waals surface area contributed by atoms with E-state index in [0.29, 0.717) is 22.8 Å². The van der Waals surface area contributed by atoms with Gasteiger partial charge in [0.1, 0.15) is 11.6 Å². The molecule has 3 aromatic rings. The molecule has 0 aliphatic carbocycles. The second-order valence-corrected chi connectivity index (χ2v) is 12.8. The van der Waals surface area contributed by atoms with E-state index < -0.39 is 11.8 Å². The molecule has 7 nitrogen and oxygen atoms in total. The first-order valence-corrected chi connectivity index (χ1v) is 15.1. The molecule has 11 heteroatoms. The molecule has 2 aliphatic rings. The van der Waals surface area contributed by atoms with Crippen LogP contribution in [0.5, 0.6) is 0 Å². The molecule has 2 heterocycles. The van der Waals surface area contributed by atoms with Gasteiger partial charge >= 0.3 is 5.97 Å². The molecular weight excluding hydrogens is 609 g/mol. The molecule has 0 aromatic heterocycles. The lowest BCUT2D eigenvalue weighted by Crippen LogP contribution is -2.31. The van der Waals surface area contributed by atoms with Crippen LogP contribution in [0.1, 0.15) is 61.9 Å². The fourth-order valence-corrected chi connectivity index (χ4v) is 5.79. The average Bonchev–Trinajstić information content (AvgIpc) is 3.64. The second-order valence-electron chi connectivity index (χ2n) is 12.0. The molecule has 236 valence electrons. The Balaban J connectivity index is 0.000000196. The Morgan fingerprint density at radius 2 is 1.77 bits per heavy atom.